The SMILES string of the molecule is O=C(Cc1c(F)cccc1F)N(CCO)CC(F)(F)F. The zero-order valence-corrected chi connectivity index (χ0v) is 10.3. The van der Waals surface area contributed by atoms with Crippen molar-refractivity contribution in [1.29, 1.82) is 0 Å². The number of amides is 1. The van der Waals surface area contributed by atoms with E-state index in [0.717, 1.165) is 18.2 Å². The second-order valence-electron chi connectivity index (χ2n) is 4.03. The number of hydrogen-bond donors (Lipinski definition) is 1. The van der Waals surface area contributed by atoms with Gasteiger partial charge in [-0.05, 0) is 12.1 Å². The minimum absolute atomic E-state index is 0.311. The largest absolute Gasteiger partial charge is 0.406 e. The second kappa shape index (κ2) is 6.65. The standard InChI is InChI=1S/C12H12F5NO2/c13-9-2-1-3-10(14)8(9)6-11(20)18(4-5-19)7-12(15,16)17/h1-3,19H,4-7H2. The van der Waals surface area contributed by atoms with Gasteiger partial charge < -0.3 is 10.0 Å². The molecule has 0 aromatic heterocycles. The third-order valence-corrected chi connectivity index (χ3v) is 2.48. The average molecular weight is 297 g/mol. The Labute approximate surface area is 111 Å². The molecule has 0 aliphatic carbocycles. The van der Waals surface area contributed by atoms with Crippen molar-refractivity contribution in [3.05, 3.63) is 35.4 Å². The van der Waals surface area contributed by atoms with E-state index in [4.69, 9.17) is 5.11 Å². The van der Waals surface area contributed by atoms with Crippen LogP contribution in [0.25, 0.3) is 0 Å². The lowest BCUT2D eigenvalue weighted by Gasteiger charge is -2.23. The van der Waals surface area contributed by atoms with Crippen LogP contribution in [0.1, 0.15) is 5.56 Å². The van der Waals surface area contributed by atoms with E-state index in [2.05, 4.69) is 0 Å². The molecule has 112 valence electrons. The lowest BCUT2D eigenvalue weighted by atomic mass is 10.1. The van der Waals surface area contributed by atoms with Crippen molar-refractivity contribution in [2.45, 2.75) is 12.6 Å². The number of carbonyl (C=O) groups excluding carboxylic acids is 1. The van der Waals surface area contributed by atoms with Gasteiger partial charge in [0.25, 0.3) is 0 Å². The van der Waals surface area contributed by atoms with E-state index in [1.165, 1.54) is 0 Å². The third kappa shape index (κ3) is 4.76. The Morgan fingerprint density at radius 3 is 2.20 bits per heavy atom. The maximum absolute atomic E-state index is 13.3. The van der Waals surface area contributed by atoms with Crippen LogP contribution in [0.2, 0.25) is 0 Å². The lowest BCUT2D eigenvalue weighted by Crippen LogP contribution is -2.41. The minimum Gasteiger partial charge on any atom is -0.395 e. The fourth-order valence-corrected chi connectivity index (χ4v) is 1.59. The van der Waals surface area contributed by atoms with Crippen LogP contribution in [-0.4, -0.2) is 41.8 Å². The van der Waals surface area contributed by atoms with E-state index in [1.807, 2.05) is 0 Å². The molecule has 1 N–H and O–H groups in total. The number of halogens is 5. The monoisotopic (exact) mass is 297 g/mol. The van der Waals surface area contributed by atoms with Crippen LogP contribution in [0.4, 0.5) is 22.0 Å². The van der Waals surface area contributed by atoms with Gasteiger partial charge in [0, 0.05) is 12.1 Å². The summed E-state index contributed by atoms with van der Waals surface area (Å²) < 4.78 is 63.4. The fraction of sp³-hybridized carbons (Fsp3) is 0.417. The van der Waals surface area contributed by atoms with Crippen molar-refractivity contribution >= 4 is 5.91 Å². The van der Waals surface area contributed by atoms with Crippen LogP contribution in [0.3, 0.4) is 0 Å². The van der Waals surface area contributed by atoms with Gasteiger partial charge in [-0.3, -0.25) is 4.79 Å². The summed E-state index contributed by atoms with van der Waals surface area (Å²) >= 11 is 0. The van der Waals surface area contributed by atoms with Gasteiger partial charge in [0.15, 0.2) is 0 Å². The summed E-state index contributed by atoms with van der Waals surface area (Å²) in [5.41, 5.74) is -0.595. The predicted molar refractivity (Wildman–Crippen MR) is 59.8 cm³/mol. The molecule has 0 unspecified atom stereocenters. The number of carbonyl (C=O) groups is 1. The first kappa shape index (κ1) is 16.4. The van der Waals surface area contributed by atoms with E-state index in [1.54, 1.807) is 0 Å². The molecule has 0 aliphatic rings. The highest BCUT2D eigenvalue weighted by Crippen LogP contribution is 2.18. The van der Waals surface area contributed by atoms with E-state index in [-0.39, 0.29) is 0 Å². The first-order chi connectivity index (χ1) is 9.24. The van der Waals surface area contributed by atoms with E-state index < -0.39 is 55.4 Å². The molecule has 0 radical (unpaired) electrons. The van der Waals surface area contributed by atoms with Gasteiger partial charge in [-0.2, -0.15) is 13.2 Å². The highest BCUT2D eigenvalue weighted by atomic mass is 19.4. The molecule has 1 aromatic rings. The molecule has 0 fully saturated rings. The zero-order valence-electron chi connectivity index (χ0n) is 10.3. The van der Waals surface area contributed by atoms with Gasteiger partial charge in [-0.15, -0.1) is 0 Å². The molecule has 1 aromatic carbocycles. The summed E-state index contributed by atoms with van der Waals surface area (Å²) in [5, 5.41) is 8.65. The number of aliphatic hydroxyl groups excluding tert-OH is 1. The molecule has 0 atom stereocenters. The molecule has 1 rings (SSSR count). The molecule has 0 heterocycles. The van der Waals surface area contributed by atoms with Crippen molar-refractivity contribution in [3.8, 4) is 0 Å². The predicted octanol–water partition coefficient (Wildman–Crippen LogP) is 1.89. The quantitative estimate of drug-likeness (QED) is 0.843. The zero-order chi connectivity index (χ0) is 15.3. The van der Waals surface area contributed by atoms with Gasteiger partial charge in [0.1, 0.15) is 18.2 Å². The Morgan fingerprint density at radius 2 is 1.75 bits per heavy atom. The molecule has 0 saturated heterocycles. The summed E-state index contributed by atoms with van der Waals surface area (Å²) in [4.78, 5) is 12.0. The van der Waals surface area contributed by atoms with E-state index in [9.17, 15) is 26.7 Å². The highest BCUT2D eigenvalue weighted by Gasteiger charge is 2.33. The number of nitrogens with zero attached hydrogens (tertiary/aromatic N) is 1. The molecule has 1 amide bonds. The Kier molecular flexibility index (Phi) is 5.43. The number of rotatable bonds is 5. The Morgan fingerprint density at radius 1 is 1.20 bits per heavy atom. The third-order valence-electron chi connectivity index (χ3n) is 2.48. The molecule has 0 bridgehead atoms. The first-order valence-corrected chi connectivity index (χ1v) is 5.63. The van der Waals surface area contributed by atoms with Crippen molar-refractivity contribution in [3.63, 3.8) is 0 Å². The molecule has 8 heteroatoms. The summed E-state index contributed by atoms with van der Waals surface area (Å²) in [6.45, 7) is -2.82. The number of benzene rings is 1. The van der Waals surface area contributed by atoms with Gasteiger partial charge in [-0.25, -0.2) is 8.78 Å². The molecule has 20 heavy (non-hydrogen) atoms. The van der Waals surface area contributed by atoms with E-state index in [0.29, 0.717) is 4.90 Å². The van der Waals surface area contributed by atoms with Crippen LogP contribution in [0, 0.1) is 11.6 Å². The van der Waals surface area contributed by atoms with Crippen molar-refractivity contribution in [1.82, 2.24) is 4.90 Å². The second-order valence-corrected chi connectivity index (χ2v) is 4.03. The summed E-state index contributed by atoms with van der Waals surface area (Å²) in [6.07, 6.45) is -5.49. The lowest BCUT2D eigenvalue weighted by molar-refractivity contribution is -0.161. The normalized spacial score (nSPS) is 11.5. The van der Waals surface area contributed by atoms with Crippen molar-refractivity contribution in [2.75, 3.05) is 19.7 Å². The van der Waals surface area contributed by atoms with Gasteiger partial charge in [0.05, 0.1) is 13.0 Å². The molecule has 0 aliphatic heterocycles. The smallest absolute Gasteiger partial charge is 0.395 e. The number of aliphatic hydroxyl groups is 1. The van der Waals surface area contributed by atoms with Crippen LogP contribution < -0.4 is 0 Å². The van der Waals surface area contributed by atoms with Gasteiger partial charge >= 0.3 is 6.18 Å². The maximum Gasteiger partial charge on any atom is 0.406 e. The molecular formula is C12H12F5NO2. The van der Waals surface area contributed by atoms with Gasteiger partial charge in [-0.1, -0.05) is 6.07 Å². The van der Waals surface area contributed by atoms with Gasteiger partial charge in [0.2, 0.25) is 5.91 Å². The summed E-state index contributed by atoms with van der Waals surface area (Å²) in [7, 11) is 0. The Balaban J connectivity index is 2.86. The molecule has 0 spiro atoms. The summed E-state index contributed by atoms with van der Waals surface area (Å²) in [5.74, 6) is -3.12. The summed E-state index contributed by atoms with van der Waals surface area (Å²) in [6, 6.07) is 2.90. The first-order valence-electron chi connectivity index (χ1n) is 5.63. The fourth-order valence-electron chi connectivity index (χ4n) is 1.59. The Bertz CT molecular complexity index is 455. The maximum atomic E-state index is 13.3. The molecule has 0 saturated carbocycles. The minimum atomic E-state index is -4.65. The average Bonchev–Trinajstić information content (AvgIpc) is 2.31. The topological polar surface area (TPSA) is 40.5 Å². The number of hydrogen-bond acceptors (Lipinski definition) is 2. The van der Waals surface area contributed by atoms with Crippen LogP contribution in [-0.2, 0) is 11.2 Å². The molecular weight excluding hydrogens is 285 g/mol. The van der Waals surface area contributed by atoms with E-state index >= 15 is 0 Å². The molecule has 3 nitrogen and oxygen atoms in total. The highest BCUT2D eigenvalue weighted by molar-refractivity contribution is 5.79. The van der Waals surface area contributed by atoms with Crippen LogP contribution in [0.15, 0.2) is 18.2 Å². The van der Waals surface area contributed by atoms with Crippen molar-refractivity contribution < 1.29 is 31.9 Å². The number of alkyl halides is 3. The Hall–Kier alpha value is -1.70. The van der Waals surface area contributed by atoms with Crippen LogP contribution in [0.5, 0.6) is 0 Å². The van der Waals surface area contributed by atoms with Crippen molar-refractivity contribution in [2.24, 2.45) is 0 Å². The van der Waals surface area contributed by atoms with Crippen LogP contribution >= 0.6 is 0 Å².